The summed E-state index contributed by atoms with van der Waals surface area (Å²) in [5.74, 6) is 0.313. The lowest BCUT2D eigenvalue weighted by Crippen LogP contribution is -2.22. The molecule has 16 heavy (non-hydrogen) atoms. The van der Waals surface area contributed by atoms with Gasteiger partial charge in [0.1, 0.15) is 11.9 Å². The number of hydrogen-bond donors (Lipinski definition) is 1. The molecular weight excluding hydrogens is 230 g/mol. The van der Waals surface area contributed by atoms with Crippen molar-refractivity contribution in [2.24, 2.45) is 0 Å². The normalized spacial score (nSPS) is 12.0. The zero-order chi connectivity index (χ0) is 12.1. The maximum Gasteiger partial charge on any atom is 0.302 e. The number of ether oxygens (including phenoxy) is 1. The van der Waals surface area contributed by atoms with Crippen LogP contribution in [0.4, 0.5) is 5.82 Å². The van der Waals surface area contributed by atoms with Gasteiger partial charge in [-0.15, -0.1) is 10.2 Å². The molecule has 6 heteroatoms. The third-order valence-electron chi connectivity index (χ3n) is 1.86. The molecule has 1 atom stereocenters. The van der Waals surface area contributed by atoms with E-state index in [1.807, 2.05) is 6.92 Å². The lowest BCUT2D eigenvalue weighted by molar-refractivity contribution is -0.144. The molecule has 1 N–H and O–H groups in total. The van der Waals surface area contributed by atoms with Gasteiger partial charge in [0.25, 0.3) is 0 Å². The second kappa shape index (κ2) is 5.65. The summed E-state index contributed by atoms with van der Waals surface area (Å²) in [4.78, 5) is 10.7. The minimum Gasteiger partial charge on any atom is -0.461 e. The lowest BCUT2D eigenvalue weighted by Gasteiger charge is -2.13. The molecule has 88 valence electrons. The van der Waals surface area contributed by atoms with Crippen LogP contribution in [0, 0.1) is 6.92 Å². The summed E-state index contributed by atoms with van der Waals surface area (Å²) in [6.07, 6.45) is -0.213. The Labute approximate surface area is 99.2 Å². The van der Waals surface area contributed by atoms with Gasteiger partial charge >= 0.3 is 5.97 Å². The van der Waals surface area contributed by atoms with Crippen molar-refractivity contribution in [3.05, 3.63) is 16.8 Å². The molecule has 0 radical (unpaired) electrons. The third-order valence-corrected chi connectivity index (χ3v) is 2.24. The Morgan fingerprint density at radius 3 is 2.88 bits per heavy atom. The van der Waals surface area contributed by atoms with E-state index in [9.17, 15) is 4.79 Å². The van der Waals surface area contributed by atoms with Gasteiger partial charge in [-0.05, 0) is 25.5 Å². The van der Waals surface area contributed by atoms with E-state index < -0.39 is 0 Å². The van der Waals surface area contributed by atoms with Crippen molar-refractivity contribution in [3.63, 3.8) is 0 Å². The number of aryl methyl sites for hydroxylation is 1. The molecule has 0 fully saturated rings. The molecule has 1 aromatic heterocycles. The van der Waals surface area contributed by atoms with Gasteiger partial charge < -0.3 is 10.1 Å². The van der Waals surface area contributed by atoms with Gasteiger partial charge in [0.15, 0.2) is 5.15 Å². The summed E-state index contributed by atoms with van der Waals surface area (Å²) in [5, 5.41) is 11.0. The number of anilines is 1. The van der Waals surface area contributed by atoms with Crippen molar-refractivity contribution in [1.82, 2.24) is 10.2 Å². The van der Waals surface area contributed by atoms with Gasteiger partial charge in [0.05, 0.1) is 6.54 Å². The van der Waals surface area contributed by atoms with Gasteiger partial charge in [-0.2, -0.15) is 0 Å². The minimum atomic E-state index is -0.298. The second-order valence-electron chi connectivity index (χ2n) is 3.50. The van der Waals surface area contributed by atoms with E-state index in [0.29, 0.717) is 17.5 Å². The molecule has 1 heterocycles. The summed E-state index contributed by atoms with van der Waals surface area (Å²) < 4.78 is 4.95. The van der Waals surface area contributed by atoms with Crippen molar-refractivity contribution in [3.8, 4) is 0 Å². The maximum atomic E-state index is 10.7. The van der Waals surface area contributed by atoms with E-state index in [-0.39, 0.29) is 12.1 Å². The number of carbonyl (C=O) groups excluding carboxylic acids is 1. The molecule has 5 nitrogen and oxygen atoms in total. The Balaban J connectivity index is 2.48. The minimum absolute atomic E-state index is 0.213. The molecule has 0 aliphatic carbocycles. The molecule has 0 unspecified atom stereocenters. The number of esters is 1. The van der Waals surface area contributed by atoms with Crippen LogP contribution in [0.15, 0.2) is 6.07 Å². The highest BCUT2D eigenvalue weighted by atomic mass is 35.5. The summed E-state index contributed by atoms with van der Waals surface area (Å²) in [6.45, 7) is 5.50. The van der Waals surface area contributed by atoms with Gasteiger partial charge in [-0.25, -0.2) is 0 Å². The number of carbonyl (C=O) groups is 1. The standard InChI is InChI=1S/C10H14ClN3O2/c1-6-4-9(13-14-10(6)11)12-5-7(2)16-8(3)15/h4,7H,5H2,1-3H3,(H,12,13)/t7-/m1/s1. The Morgan fingerprint density at radius 1 is 1.62 bits per heavy atom. The Morgan fingerprint density at radius 2 is 2.31 bits per heavy atom. The predicted molar refractivity (Wildman–Crippen MR) is 61.5 cm³/mol. The van der Waals surface area contributed by atoms with Gasteiger partial charge in [-0.3, -0.25) is 4.79 Å². The SMILES string of the molecule is CC(=O)O[C@H](C)CNc1cc(C)c(Cl)nn1. The van der Waals surface area contributed by atoms with Crippen LogP contribution in [-0.2, 0) is 9.53 Å². The van der Waals surface area contributed by atoms with E-state index in [0.717, 1.165) is 5.56 Å². The maximum absolute atomic E-state index is 10.7. The summed E-state index contributed by atoms with van der Waals surface area (Å²) in [5.41, 5.74) is 0.847. The molecule has 0 saturated heterocycles. The first-order valence-corrected chi connectivity index (χ1v) is 5.27. The molecule has 0 aliphatic heterocycles. The molecule has 1 rings (SSSR count). The van der Waals surface area contributed by atoms with Gasteiger partial charge in [0.2, 0.25) is 0 Å². The highest BCUT2D eigenvalue weighted by Crippen LogP contribution is 2.13. The predicted octanol–water partition coefficient (Wildman–Crippen LogP) is 1.80. The second-order valence-corrected chi connectivity index (χ2v) is 3.86. The monoisotopic (exact) mass is 243 g/mol. The first-order valence-electron chi connectivity index (χ1n) is 4.90. The molecule has 0 amide bonds. The number of rotatable bonds is 4. The fourth-order valence-corrected chi connectivity index (χ4v) is 1.22. The summed E-state index contributed by atoms with van der Waals surface area (Å²) >= 11 is 5.74. The average molecular weight is 244 g/mol. The van der Waals surface area contributed by atoms with Crippen LogP contribution < -0.4 is 5.32 Å². The summed E-state index contributed by atoms with van der Waals surface area (Å²) in [6, 6.07) is 1.79. The van der Waals surface area contributed by atoms with Gasteiger partial charge in [0, 0.05) is 6.92 Å². The highest BCUT2D eigenvalue weighted by molar-refractivity contribution is 6.30. The quantitative estimate of drug-likeness (QED) is 0.817. The average Bonchev–Trinajstić information content (AvgIpc) is 2.19. The molecular formula is C10H14ClN3O2. The van der Waals surface area contributed by atoms with Crippen molar-refractivity contribution in [1.29, 1.82) is 0 Å². The highest BCUT2D eigenvalue weighted by Gasteiger charge is 2.06. The first-order chi connectivity index (χ1) is 7.49. The van der Waals surface area contributed by atoms with Crippen LogP contribution in [0.2, 0.25) is 5.15 Å². The van der Waals surface area contributed by atoms with E-state index in [2.05, 4.69) is 15.5 Å². The Bertz CT molecular complexity index is 384. The number of halogens is 1. The topological polar surface area (TPSA) is 64.1 Å². The zero-order valence-electron chi connectivity index (χ0n) is 9.45. The first kappa shape index (κ1) is 12.7. The molecule has 1 aromatic rings. The molecule has 0 saturated carbocycles. The van der Waals surface area contributed by atoms with Crippen molar-refractivity contribution < 1.29 is 9.53 Å². The van der Waals surface area contributed by atoms with Gasteiger partial charge in [-0.1, -0.05) is 11.6 Å². The van der Waals surface area contributed by atoms with E-state index >= 15 is 0 Å². The van der Waals surface area contributed by atoms with Crippen LogP contribution in [0.3, 0.4) is 0 Å². The lowest BCUT2D eigenvalue weighted by atomic mass is 10.3. The molecule has 0 aromatic carbocycles. The van der Waals surface area contributed by atoms with Crippen molar-refractivity contribution >= 4 is 23.4 Å². The van der Waals surface area contributed by atoms with Crippen LogP contribution >= 0.6 is 11.6 Å². The number of hydrogen-bond acceptors (Lipinski definition) is 5. The van der Waals surface area contributed by atoms with Crippen LogP contribution in [0.25, 0.3) is 0 Å². The van der Waals surface area contributed by atoms with Crippen molar-refractivity contribution in [2.45, 2.75) is 26.9 Å². The fourth-order valence-electron chi connectivity index (χ4n) is 1.13. The zero-order valence-corrected chi connectivity index (χ0v) is 10.2. The molecule has 0 spiro atoms. The number of nitrogens with zero attached hydrogens (tertiary/aromatic N) is 2. The Hall–Kier alpha value is -1.36. The largest absolute Gasteiger partial charge is 0.461 e. The van der Waals surface area contributed by atoms with E-state index in [1.165, 1.54) is 6.92 Å². The van der Waals surface area contributed by atoms with E-state index in [1.54, 1.807) is 13.0 Å². The van der Waals surface area contributed by atoms with Crippen LogP contribution in [-0.4, -0.2) is 28.8 Å². The van der Waals surface area contributed by atoms with Crippen LogP contribution in [0.5, 0.6) is 0 Å². The number of nitrogens with one attached hydrogen (secondary N) is 1. The van der Waals surface area contributed by atoms with Crippen molar-refractivity contribution in [2.75, 3.05) is 11.9 Å². The molecule has 0 bridgehead atoms. The molecule has 0 aliphatic rings. The fraction of sp³-hybridized carbons (Fsp3) is 0.500. The Kier molecular flexibility index (Phi) is 4.49. The smallest absolute Gasteiger partial charge is 0.302 e. The third kappa shape index (κ3) is 4.02. The number of aromatic nitrogens is 2. The summed E-state index contributed by atoms with van der Waals surface area (Å²) in [7, 11) is 0. The van der Waals surface area contributed by atoms with Crippen LogP contribution in [0.1, 0.15) is 19.4 Å². The van der Waals surface area contributed by atoms with E-state index in [4.69, 9.17) is 16.3 Å².